The lowest BCUT2D eigenvalue weighted by Gasteiger charge is -2.70. The van der Waals surface area contributed by atoms with Crippen molar-refractivity contribution in [1.29, 1.82) is 0 Å². The van der Waals surface area contributed by atoms with E-state index in [0.717, 1.165) is 64.2 Å². The first-order valence-corrected chi connectivity index (χ1v) is 14.8. The molecule has 4 aliphatic carbocycles. The van der Waals surface area contributed by atoms with Crippen LogP contribution in [0.1, 0.15) is 105 Å². The van der Waals surface area contributed by atoms with Crippen LogP contribution in [0.3, 0.4) is 0 Å². The Bertz CT molecular complexity index is 910. The zero-order valence-corrected chi connectivity index (χ0v) is 23.9. The topological polar surface area (TPSA) is 75.6 Å². The molecule has 4 saturated carbocycles. The van der Waals surface area contributed by atoms with Gasteiger partial charge in [-0.3, -0.25) is 9.59 Å². The number of hydrogen-bond donors (Lipinski definition) is 2. The van der Waals surface area contributed by atoms with Gasteiger partial charge < -0.3 is 15.2 Å². The van der Waals surface area contributed by atoms with Gasteiger partial charge in [0.2, 0.25) is 0 Å². The molecule has 5 nitrogen and oxygen atoms in total. The number of unbranched alkanes of at least 4 members (excludes halogenated alkanes) is 5. The molecule has 0 heterocycles. The van der Waals surface area contributed by atoms with E-state index in [1.807, 2.05) is 12.4 Å². The molecule has 218 valence electrons. The molecule has 0 aromatic rings. The third kappa shape index (κ3) is 4.17. The van der Waals surface area contributed by atoms with Gasteiger partial charge in [0.1, 0.15) is 5.78 Å². The molecular formula is C30H48F3NO4. The fourth-order valence-corrected chi connectivity index (χ4v) is 10.3. The molecule has 4 fully saturated rings. The number of carbonyl (C=O) groups is 2. The Morgan fingerprint density at radius 2 is 1.71 bits per heavy atom. The minimum Gasteiger partial charge on any atom is -0.392 e. The molecular weight excluding hydrogens is 495 g/mol. The second-order valence-electron chi connectivity index (χ2n) is 13.6. The molecule has 0 aromatic heterocycles. The van der Waals surface area contributed by atoms with Crippen molar-refractivity contribution in [3.63, 3.8) is 0 Å². The molecule has 0 bridgehead atoms. The number of hydrogen-bond acceptors (Lipinski definition) is 4. The van der Waals surface area contributed by atoms with E-state index in [0.29, 0.717) is 30.5 Å². The zero-order valence-electron chi connectivity index (χ0n) is 23.9. The minimum atomic E-state index is -4.83. The molecule has 4 aliphatic rings. The van der Waals surface area contributed by atoms with E-state index in [1.165, 1.54) is 0 Å². The van der Waals surface area contributed by atoms with Gasteiger partial charge in [0.05, 0.1) is 12.2 Å². The SMILES string of the molecule is CO[C@@H]1CC[C@@]23C[C@@H]4C[C@@H](C)[C@@](C)([C@H](O)C[C@](C)(CCCCCCCCNC(=O)C(F)(F)F)C(=O)[C@@H]2C)C413. The summed E-state index contributed by atoms with van der Waals surface area (Å²) in [5.41, 5.74) is -1.04. The van der Waals surface area contributed by atoms with Gasteiger partial charge in [-0.2, -0.15) is 13.2 Å². The number of carbonyl (C=O) groups excluding carboxylic acids is 2. The monoisotopic (exact) mass is 543 g/mol. The number of Topliss-reactive ketones (excluding diaryl/α,β-unsaturated/α-hetero) is 1. The van der Waals surface area contributed by atoms with Crippen molar-refractivity contribution in [3.8, 4) is 0 Å². The molecule has 4 rings (SSSR count). The summed E-state index contributed by atoms with van der Waals surface area (Å²) in [5.74, 6) is -0.714. The summed E-state index contributed by atoms with van der Waals surface area (Å²) in [6, 6.07) is 0. The Morgan fingerprint density at radius 3 is 2.34 bits per heavy atom. The first kappa shape index (κ1) is 29.8. The molecule has 2 N–H and O–H groups in total. The van der Waals surface area contributed by atoms with Gasteiger partial charge in [-0.1, -0.05) is 59.8 Å². The number of aliphatic hydroxyl groups is 1. The number of aliphatic hydroxyl groups excluding tert-OH is 1. The molecule has 0 saturated heterocycles. The molecule has 9 atom stereocenters. The van der Waals surface area contributed by atoms with Gasteiger partial charge in [-0.25, -0.2) is 0 Å². The standard InChI is InChI=1S/C30H48F3NO4/c1-19-16-21-17-28-14-12-23(38-5)29(21,28)27(19,4)22(35)18-26(3,24(36)20(28)2)13-10-8-6-7-9-11-15-34-25(37)30(31,32)33/h19-23,35H,6-18H2,1-5H3,(H,34,37)/t19-,20+,21+,22-,23-,26+,27+,28-,29?/m1/s1. The second kappa shape index (κ2) is 10.4. The summed E-state index contributed by atoms with van der Waals surface area (Å²) in [4.78, 5) is 25.1. The van der Waals surface area contributed by atoms with Crippen molar-refractivity contribution in [2.45, 2.75) is 123 Å². The number of amides is 1. The van der Waals surface area contributed by atoms with E-state index < -0.39 is 23.6 Å². The summed E-state index contributed by atoms with van der Waals surface area (Å²) < 4.78 is 42.9. The highest BCUT2D eigenvalue weighted by atomic mass is 19.4. The number of ether oxygens (including phenoxy) is 1. The molecule has 0 aromatic carbocycles. The van der Waals surface area contributed by atoms with Gasteiger partial charge in [-0.15, -0.1) is 0 Å². The maximum atomic E-state index is 14.2. The summed E-state index contributed by atoms with van der Waals surface area (Å²) >= 11 is 0. The number of halogens is 3. The number of rotatable bonds is 10. The highest BCUT2D eigenvalue weighted by Crippen LogP contribution is 2.85. The number of nitrogens with one attached hydrogen (secondary N) is 1. The smallest absolute Gasteiger partial charge is 0.392 e. The van der Waals surface area contributed by atoms with E-state index in [1.54, 1.807) is 0 Å². The third-order valence-electron chi connectivity index (χ3n) is 12.1. The zero-order chi connectivity index (χ0) is 28.1. The molecule has 1 unspecified atom stereocenters. The Hall–Kier alpha value is -1.15. The normalized spacial score (nSPS) is 44.1. The molecule has 1 amide bonds. The average Bonchev–Trinajstić information content (AvgIpc) is 3.21. The molecule has 1 spiro atoms. The van der Waals surface area contributed by atoms with Crippen LogP contribution in [0.2, 0.25) is 0 Å². The van der Waals surface area contributed by atoms with Gasteiger partial charge in [-0.05, 0) is 62.2 Å². The molecule has 8 heteroatoms. The third-order valence-corrected chi connectivity index (χ3v) is 12.1. The van der Waals surface area contributed by atoms with Crippen molar-refractivity contribution in [2.24, 2.45) is 39.4 Å². The fraction of sp³-hybridized carbons (Fsp3) is 0.933. The first-order chi connectivity index (χ1) is 17.7. The van der Waals surface area contributed by atoms with E-state index >= 15 is 0 Å². The lowest BCUT2D eigenvalue weighted by Crippen LogP contribution is -2.71. The van der Waals surface area contributed by atoms with Crippen molar-refractivity contribution in [2.75, 3.05) is 13.7 Å². The lowest BCUT2D eigenvalue weighted by molar-refractivity contribution is -0.270. The van der Waals surface area contributed by atoms with Crippen LogP contribution in [0.25, 0.3) is 0 Å². The van der Waals surface area contributed by atoms with Crippen molar-refractivity contribution in [3.05, 3.63) is 0 Å². The van der Waals surface area contributed by atoms with Gasteiger partial charge in [0, 0.05) is 35.8 Å². The van der Waals surface area contributed by atoms with Crippen LogP contribution >= 0.6 is 0 Å². The van der Waals surface area contributed by atoms with Crippen LogP contribution in [-0.4, -0.2) is 48.8 Å². The maximum absolute atomic E-state index is 14.2. The van der Waals surface area contributed by atoms with E-state index in [4.69, 9.17) is 4.74 Å². The molecule has 38 heavy (non-hydrogen) atoms. The quantitative estimate of drug-likeness (QED) is 0.321. The van der Waals surface area contributed by atoms with Crippen LogP contribution < -0.4 is 5.32 Å². The summed E-state index contributed by atoms with van der Waals surface area (Å²) in [7, 11) is 1.81. The van der Waals surface area contributed by atoms with Crippen LogP contribution in [0, 0.1) is 39.4 Å². The predicted octanol–water partition coefficient (Wildman–Crippen LogP) is 6.22. The summed E-state index contributed by atoms with van der Waals surface area (Å²) in [5, 5.41) is 13.9. The molecule has 0 radical (unpaired) electrons. The first-order valence-electron chi connectivity index (χ1n) is 14.8. The van der Waals surface area contributed by atoms with Crippen molar-refractivity contribution in [1.82, 2.24) is 5.32 Å². The highest BCUT2D eigenvalue weighted by molar-refractivity contribution is 5.88. The van der Waals surface area contributed by atoms with Crippen LogP contribution in [0.4, 0.5) is 13.2 Å². The van der Waals surface area contributed by atoms with Gasteiger partial charge in [0.15, 0.2) is 0 Å². The van der Waals surface area contributed by atoms with E-state index in [2.05, 4.69) is 27.7 Å². The van der Waals surface area contributed by atoms with Crippen molar-refractivity contribution < 1.29 is 32.6 Å². The van der Waals surface area contributed by atoms with E-state index in [9.17, 15) is 27.9 Å². The van der Waals surface area contributed by atoms with Crippen LogP contribution in [-0.2, 0) is 14.3 Å². The minimum absolute atomic E-state index is 0.0336. The predicted molar refractivity (Wildman–Crippen MR) is 139 cm³/mol. The average molecular weight is 544 g/mol. The summed E-state index contributed by atoms with van der Waals surface area (Å²) in [6.07, 6.45) is 5.06. The lowest BCUT2D eigenvalue weighted by atomic mass is 9.33. The van der Waals surface area contributed by atoms with Gasteiger partial charge in [0.25, 0.3) is 0 Å². The Morgan fingerprint density at radius 1 is 1.08 bits per heavy atom. The molecule has 0 aliphatic heterocycles. The number of methoxy groups -OCH3 is 1. The Labute approximate surface area is 226 Å². The summed E-state index contributed by atoms with van der Waals surface area (Å²) in [6.45, 7) is 8.87. The number of ketones is 1. The highest BCUT2D eigenvalue weighted by Gasteiger charge is 2.84. The second-order valence-corrected chi connectivity index (χ2v) is 13.6. The Balaban J connectivity index is 1.36. The Kier molecular flexibility index (Phi) is 8.13. The largest absolute Gasteiger partial charge is 0.471 e. The van der Waals surface area contributed by atoms with Crippen LogP contribution in [0.15, 0.2) is 0 Å². The van der Waals surface area contributed by atoms with Gasteiger partial charge >= 0.3 is 12.1 Å². The number of alkyl halides is 3. The fourth-order valence-electron chi connectivity index (χ4n) is 10.3. The van der Waals surface area contributed by atoms with E-state index in [-0.39, 0.29) is 34.8 Å². The maximum Gasteiger partial charge on any atom is 0.471 e. The van der Waals surface area contributed by atoms with Crippen LogP contribution in [0.5, 0.6) is 0 Å². The van der Waals surface area contributed by atoms with Crippen molar-refractivity contribution >= 4 is 11.7 Å².